The highest BCUT2D eigenvalue weighted by Crippen LogP contribution is 2.28. The topological polar surface area (TPSA) is 42.2 Å². The van der Waals surface area contributed by atoms with Crippen molar-refractivity contribution in [2.75, 3.05) is 5.32 Å². The van der Waals surface area contributed by atoms with E-state index in [2.05, 4.69) is 45.0 Å². The highest BCUT2D eigenvalue weighted by Gasteiger charge is 2.12. The third kappa shape index (κ3) is 2.32. The van der Waals surface area contributed by atoms with Crippen LogP contribution in [0.4, 0.5) is 5.95 Å². The van der Waals surface area contributed by atoms with Gasteiger partial charge in [-0.1, -0.05) is 41.1 Å². The van der Waals surface area contributed by atoms with Crippen molar-refractivity contribution in [1.29, 1.82) is 0 Å². The largest absolute Gasteiger partial charge is 0.350 e. The Labute approximate surface area is 136 Å². The van der Waals surface area contributed by atoms with Gasteiger partial charge in [-0.3, -0.25) is 4.40 Å². The molecule has 0 fully saturated rings. The standard InChI is InChI=1S/C16H13ClN4S/c1-10-2-7-13-14(8-10)22-16-20-19-15(21(13)16)18-9-11-3-5-12(17)6-4-11/h2-8H,9H2,1H3,(H,18,19). The average molecular weight is 329 g/mol. The number of thiazole rings is 1. The summed E-state index contributed by atoms with van der Waals surface area (Å²) < 4.78 is 3.29. The van der Waals surface area contributed by atoms with Crippen molar-refractivity contribution < 1.29 is 0 Å². The van der Waals surface area contributed by atoms with Crippen LogP contribution < -0.4 is 5.32 Å². The van der Waals surface area contributed by atoms with Gasteiger partial charge in [0, 0.05) is 11.6 Å². The lowest BCUT2D eigenvalue weighted by Crippen LogP contribution is -2.03. The van der Waals surface area contributed by atoms with Gasteiger partial charge >= 0.3 is 0 Å². The smallest absolute Gasteiger partial charge is 0.230 e. The summed E-state index contributed by atoms with van der Waals surface area (Å²) >= 11 is 7.56. The van der Waals surface area contributed by atoms with Gasteiger partial charge in [-0.25, -0.2) is 0 Å². The van der Waals surface area contributed by atoms with Crippen molar-refractivity contribution in [3.63, 3.8) is 0 Å². The molecule has 4 nitrogen and oxygen atoms in total. The molecule has 110 valence electrons. The molecule has 6 heteroatoms. The number of hydrogen-bond acceptors (Lipinski definition) is 4. The van der Waals surface area contributed by atoms with E-state index in [1.54, 1.807) is 11.3 Å². The maximum Gasteiger partial charge on any atom is 0.230 e. The van der Waals surface area contributed by atoms with E-state index in [0.717, 1.165) is 27.0 Å². The van der Waals surface area contributed by atoms with Gasteiger partial charge in [-0.2, -0.15) is 0 Å². The number of benzene rings is 2. The molecule has 0 bridgehead atoms. The molecule has 2 aromatic carbocycles. The summed E-state index contributed by atoms with van der Waals surface area (Å²) in [7, 11) is 0. The molecule has 0 radical (unpaired) electrons. The van der Waals surface area contributed by atoms with Crippen molar-refractivity contribution in [1.82, 2.24) is 14.6 Å². The average Bonchev–Trinajstić information content (AvgIpc) is 3.05. The molecule has 0 saturated carbocycles. The zero-order valence-electron chi connectivity index (χ0n) is 11.9. The monoisotopic (exact) mass is 328 g/mol. The molecule has 0 saturated heterocycles. The number of aromatic nitrogens is 3. The first-order valence-corrected chi connectivity index (χ1v) is 8.13. The number of aryl methyl sites for hydroxylation is 1. The van der Waals surface area contributed by atoms with E-state index in [0.29, 0.717) is 6.54 Å². The van der Waals surface area contributed by atoms with Gasteiger partial charge in [-0.05, 0) is 42.3 Å². The Balaban J connectivity index is 1.69. The van der Waals surface area contributed by atoms with Gasteiger partial charge in [0.15, 0.2) is 0 Å². The number of fused-ring (bicyclic) bond motifs is 3. The minimum atomic E-state index is 0.682. The third-order valence-corrected chi connectivity index (χ3v) is 4.80. The summed E-state index contributed by atoms with van der Waals surface area (Å²) in [6.45, 7) is 2.78. The highest BCUT2D eigenvalue weighted by molar-refractivity contribution is 7.23. The Kier molecular flexibility index (Phi) is 3.24. The summed E-state index contributed by atoms with van der Waals surface area (Å²) in [6.07, 6.45) is 0. The Hall–Kier alpha value is -2.11. The number of hydrogen-bond donors (Lipinski definition) is 1. The highest BCUT2D eigenvalue weighted by atomic mass is 35.5. The predicted octanol–water partition coefficient (Wildman–Crippen LogP) is 4.52. The maximum absolute atomic E-state index is 5.91. The van der Waals surface area contributed by atoms with Gasteiger partial charge in [0.2, 0.25) is 10.9 Å². The molecule has 4 rings (SSSR count). The Morgan fingerprint density at radius 2 is 1.95 bits per heavy atom. The molecule has 0 unspecified atom stereocenters. The van der Waals surface area contributed by atoms with Crippen LogP contribution in [0.3, 0.4) is 0 Å². The van der Waals surface area contributed by atoms with Crippen molar-refractivity contribution in [3.05, 3.63) is 58.6 Å². The normalized spacial score (nSPS) is 11.4. The maximum atomic E-state index is 5.91. The fourth-order valence-electron chi connectivity index (χ4n) is 2.44. The molecule has 1 N–H and O–H groups in total. The molecular weight excluding hydrogens is 316 g/mol. The fraction of sp³-hybridized carbons (Fsp3) is 0.125. The van der Waals surface area contributed by atoms with E-state index < -0.39 is 0 Å². The van der Waals surface area contributed by atoms with Crippen LogP contribution in [-0.2, 0) is 6.54 Å². The van der Waals surface area contributed by atoms with Crippen LogP contribution >= 0.6 is 22.9 Å². The van der Waals surface area contributed by atoms with E-state index in [1.807, 2.05) is 24.3 Å². The van der Waals surface area contributed by atoms with Crippen molar-refractivity contribution in [2.45, 2.75) is 13.5 Å². The minimum Gasteiger partial charge on any atom is -0.350 e. The molecule has 4 aromatic rings. The van der Waals surface area contributed by atoms with E-state index in [-0.39, 0.29) is 0 Å². The lowest BCUT2D eigenvalue weighted by molar-refractivity contribution is 1.04. The lowest BCUT2D eigenvalue weighted by Gasteiger charge is -2.04. The van der Waals surface area contributed by atoms with Gasteiger partial charge in [0.25, 0.3) is 0 Å². The van der Waals surface area contributed by atoms with Crippen LogP contribution in [-0.4, -0.2) is 14.6 Å². The molecule has 22 heavy (non-hydrogen) atoms. The fourth-order valence-corrected chi connectivity index (χ4v) is 3.63. The number of nitrogens with one attached hydrogen (secondary N) is 1. The van der Waals surface area contributed by atoms with E-state index in [1.165, 1.54) is 10.3 Å². The number of halogens is 1. The molecule has 2 heterocycles. The van der Waals surface area contributed by atoms with E-state index in [9.17, 15) is 0 Å². The van der Waals surface area contributed by atoms with Gasteiger partial charge < -0.3 is 5.32 Å². The lowest BCUT2D eigenvalue weighted by atomic mass is 10.2. The molecule has 0 aliphatic heterocycles. The van der Waals surface area contributed by atoms with Gasteiger partial charge in [-0.15, -0.1) is 10.2 Å². The Morgan fingerprint density at radius 3 is 2.77 bits per heavy atom. The van der Waals surface area contributed by atoms with Crippen LogP contribution in [0.1, 0.15) is 11.1 Å². The zero-order chi connectivity index (χ0) is 15.1. The van der Waals surface area contributed by atoms with Crippen LogP contribution in [0.25, 0.3) is 15.2 Å². The Bertz CT molecular complexity index is 956. The second-order valence-electron chi connectivity index (χ2n) is 5.19. The summed E-state index contributed by atoms with van der Waals surface area (Å²) in [5.41, 5.74) is 3.53. The summed E-state index contributed by atoms with van der Waals surface area (Å²) in [4.78, 5) is 0.902. The Morgan fingerprint density at radius 1 is 1.14 bits per heavy atom. The predicted molar refractivity (Wildman–Crippen MR) is 91.9 cm³/mol. The number of nitrogens with zero attached hydrogens (tertiary/aromatic N) is 3. The molecule has 2 aromatic heterocycles. The summed E-state index contributed by atoms with van der Waals surface area (Å²) in [6, 6.07) is 14.2. The first-order chi connectivity index (χ1) is 10.7. The molecule has 0 aliphatic rings. The number of anilines is 1. The van der Waals surface area contributed by atoms with Crippen molar-refractivity contribution in [2.24, 2.45) is 0 Å². The van der Waals surface area contributed by atoms with Crippen molar-refractivity contribution in [3.8, 4) is 0 Å². The van der Waals surface area contributed by atoms with Gasteiger partial charge in [0.05, 0.1) is 10.2 Å². The molecule has 0 aliphatic carbocycles. The van der Waals surface area contributed by atoms with E-state index in [4.69, 9.17) is 11.6 Å². The molecular formula is C16H13ClN4S. The zero-order valence-corrected chi connectivity index (χ0v) is 13.4. The number of rotatable bonds is 3. The second-order valence-corrected chi connectivity index (χ2v) is 6.64. The minimum absolute atomic E-state index is 0.682. The van der Waals surface area contributed by atoms with Crippen LogP contribution in [0, 0.1) is 6.92 Å². The van der Waals surface area contributed by atoms with Gasteiger partial charge in [0.1, 0.15) is 0 Å². The molecule has 0 amide bonds. The first-order valence-electron chi connectivity index (χ1n) is 6.93. The summed E-state index contributed by atoms with van der Waals surface area (Å²) in [5.74, 6) is 0.764. The molecule has 0 atom stereocenters. The third-order valence-electron chi connectivity index (χ3n) is 3.55. The van der Waals surface area contributed by atoms with Crippen LogP contribution in [0.2, 0.25) is 5.02 Å². The first kappa shape index (κ1) is 13.5. The van der Waals surface area contributed by atoms with Crippen molar-refractivity contribution >= 4 is 44.1 Å². The van der Waals surface area contributed by atoms with Crippen LogP contribution in [0.5, 0.6) is 0 Å². The quantitative estimate of drug-likeness (QED) is 0.601. The summed E-state index contributed by atoms with van der Waals surface area (Å²) in [5, 5.41) is 12.6. The SMILES string of the molecule is Cc1ccc2c(c1)sc1nnc(NCc3ccc(Cl)cc3)n12. The van der Waals surface area contributed by atoms with Crippen LogP contribution in [0.15, 0.2) is 42.5 Å². The second kappa shape index (κ2) is 5.26. The van der Waals surface area contributed by atoms with E-state index >= 15 is 0 Å². The molecule has 0 spiro atoms.